The van der Waals surface area contributed by atoms with E-state index in [-0.39, 0.29) is 0 Å². The first-order valence-corrected chi connectivity index (χ1v) is 4.84. The molecule has 2 aromatic rings. The summed E-state index contributed by atoms with van der Waals surface area (Å²) in [6.07, 6.45) is 0.732. The maximum atomic E-state index is 5.98. The van der Waals surface area contributed by atoms with E-state index in [4.69, 9.17) is 11.6 Å². The molecule has 61 valence electrons. The molecular weight excluding hydrogens is 190 g/mol. The van der Waals surface area contributed by atoms with Gasteiger partial charge in [0, 0.05) is 0 Å². The maximum absolute atomic E-state index is 5.98. The molecule has 3 heteroatoms. The highest BCUT2D eigenvalue weighted by atomic mass is 35.5. The number of hydrogen-bond acceptors (Lipinski definition) is 2. The van der Waals surface area contributed by atoms with Crippen molar-refractivity contribution >= 4 is 33.2 Å². The van der Waals surface area contributed by atoms with Gasteiger partial charge in [0.25, 0.3) is 0 Å². The highest BCUT2D eigenvalue weighted by Crippen LogP contribution is 2.28. The molecule has 0 N–H and O–H groups in total. The van der Waals surface area contributed by atoms with Crippen molar-refractivity contribution in [3.05, 3.63) is 35.2 Å². The second kappa shape index (κ2) is 3.04. The number of halogens is 1. The summed E-state index contributed by atoms with van der Waals surface area (Å²) < 4.78 is 1.07. The molecular formula is C9H7ClNS. The molecule has 0 spiro atoms. The first-order valence-electron chi connectivity index (χ1n) is 3.64. The Morgan fingerprint density at radius 2 is 2.33 bits per heavy atom. The van der Waals surface area contributed by atoms with Gasteiger partial charge in [-0.25, -0.2) is 4.98 Å². The van der Waals surface area contributed by atoms with Gasteiger partial charge in [-0.1, -0.05) is 17.7 Å². The summed E-state index contributed by atoms with van der Waals surface area (Å²) in [5.74, 6) is 0. The lowest BCUT2D eigenvalue weighted by Crippen LogP contribution is -1.73. The first kappa shape index (κ1) is 8.02. The van der Waals surface area contributed by atoms with Crippen LogP contribution >= 0.6 is 22.9 Å². The topological polar surface area (TPSA) is 12.9 Å². The minimum Gasteiger partial charge on any atom is -0.241 e. The summed E-state index contributed by atoms with van der Waals surface area (Å²) in [5, 5.41) is 1.82. The third-order valence-corrected chi connectivity index (χ3v) is 3.22. The van der Waals surface area contributed by atoms with Crippen molar-refractivity contribution in [1.82, 2.24) is 4.98 Å². The van der Waals surface area contributed by atoms with Gasteiger partial charge in [0.1, 0.15) is 0 Å². The van der Waals surface area contributed by atoms with Crippen LogP contribution in [-0.2, 0) is 6.42 Å². The zero-order valence-corrected chi connectivity index (χ0v) is 7.95. The number of benzene rings is 1. The summed E-state index contributed by atoms with van der Waals surface area (Å²) in [5.41, 5.74) is 0.978. The molecule has 0 aliphatic heterocycles. The Kier molecular flexibility index (Phi) is 2.03. The maximum Gasteiger partial charge on any atom is 0.0939 e. The number of rotatable bonds is 1. The van der Waals surface area contributed by atoms with E-state index in [9.17, 15) is 0 Å². The molecule has 1 heterocycles. The highest BCUT2D eigenvalue weighted by molar-refractivity contribution is 7.19. The molecule has 1 aromatic heterocycles. The molecule has 0 fully saturated rings. The number of nitrogens with zero attached hydrogens (tertiary/aromatic N) is 1. The van der Waals surface area contributed by atoms with Gasteiger partial charge in [0.15, 0.2) is 0 Å². The predicted molar refractivity (Wildman–Crippen MR) is 53.7 cm³/mol. The normalized spacial score (nSPS) is 10.8. The second-order valence-corrected chi connectivity index (χ2v) is 3.94. The zero-order valence-electron chi connectivity index (χ0n) is 6.38. The highest BCUT2D eigenvalue weighted by Gasteiger charge is 2.04. The largest absolute Gasteiger partial charge is 0.241 e. The quantitative estimate of drug-likeness (QED) is 0.682. The Hall–Kier alpha value is -0.600. The average molecular weight is 197 g/mol. The van der Waals surface area contributed by atoms with Gasteiger partial charge in [0.05, 0.1) is 20.2 Å². The third-order valence-electron chi connectivity index (χ3n) is 1.63. The lowest BCUT2D eigenvalue weighted by molar-refractivity contribution is 1.21. The molecule has 2 rings (SSSR count). The predicted octanol–water partition coefficient (Wildman–Crippen LogP) is 3.33. The van der Waals surface area contributed by atoms with Gasteiger partial charge in [-0.2, -0.15) is 0 Å². The lowest BCUT2D eigenvalue weighted by atomic mass is 10.3. The van der Waals surface area contributed by atoms with Gasteiger partial charge in [-0.15, -0.1) is 11.3 Å². The van der Waals surface area contributed by atoms with E-state index in [1.54, 1.807) is 11.3 Å². The van der Waals surface area contributed by atoms with Crippen LogP contribution in [0.5, 0.6) is 0 Å². The molecule has 0 aliphatic carbocycles. The van der Waals surface area contributed by atoms with E-state index in [2.05, 4.69) is 11.9 Å². The number of thiazole rings is 1. The number of aromatic nitrogens is 1. The smallest absolute Gasteiger partial charge is 0.0939 e. The Morgan fingerprint density at radius 3 is 3.00 bits per heavy atom. The Bertz CT molecular complexity index is 408. The summed E-state index contributed by atoms with van der Waals surface area (Å²) in [4.78, 5) is 4.36. The minimum atomic E-state index is 0.732. The molecule has 1 radical (unpaired) electrons. The van der Waals surface area contributed by atoms with Crippen LogP contribution in [0, 0.1) is 6.92 Å². The van der Waals surface area contributed by atoms with Crippen molar-refractivity contribution in [2.24, 2.45) is 0 Å². The van der Waals surface area contributed by atoms with Gasteiger partial charge in [-0.3, -0.25) is 0 Å². The monoisotopic (exact) mass is 196 g/mol. The van der Waals surface area contributed by atoms with E-state index >= 15 is 0 Å². The standard InChI is InChI=1S/C9H7ClNS/c1-2-8-11-7-5-3-4-6(10)9(7)12-8/h3-5H,1-2H2. The van der Waals surface area contributed by atoms with Crippen molar-refractivity contribution in [2.75, 3.05) is 0 Å². The Morgan fingerprint density at radius 1 is 1.50 bits per heavy atom. The van der Waals surface area contributed by atoms with Gasteiger partial charge >= 0.3 is 0 Å². The van der Waals surface area contributed by atoms with E-state index in [1.165, 1.54) is 0 Å². The van der Waals surface area contributed by atoms with E-state index in [1.807, 2.05) is 18.2 Å². The average Bonchev–Trinajstić information content (AvgIpc) is 2.49. The van der Waals surface area contributed by atoms with Crippen molar-refractivity contribution in [3.8, 4) is 0 Å². The fourth-order valence-corrected chi connectivity index (χ4v) is 2.22. The second-order valence-electron chi connectivity index (χ2n) is 2.45. The minimum absolute atomic E-state index is 0.732. The Balaban J connectivity index is 2.74. The first-order chi connectivity index (χ1) is 5.81. The molecule has 0 atom stereocenters. The van der Waals surface area contributed by atoms with E-state index in [0.717, 1.165) is 26.7 Å². The van der Waals surface area contributed by atoms with Crippen LogP contribution in [0.2, 0.25) is 5.02 Å². The number of hydrogen-bond donors (Lipinski definition) is 0. The molecule has 12 heavy (non-hydrogen) atoms. The SMILES string of the molecule is [CH2]Cc1nc2cccc(Cl)c2s1. The molecule has 0 aliphatic rings. The summed E-state index contributed by atoms with van der Waals surface area (Å²) in [6, 6.07) is 5.77. The molecule has 0 amide bonds. The summed E-state index contributed by atoms with van der Waals surface area (Å²) in [6.45, 7) is 3.79. The van der Waals surface area contributed by atoms with Gasteiger partial charge in [0.2, 0.25) is 0 Å². The fraction of sp³-hybridized carbons (Fsp3) is 0.111. The Labute approximate surface area is 80.0 Å². The van der Waals surface area contributed by atoms with Crippen LogP contribution in [0.3, 0.4) is 0 Å². The lowest BCUT2D eigenvalue weighted by Gasteiger charge is -1.87. The van der Waals surface area contributed by atoms with Crippen LogP contribution < -0.4 is 0 Å². The van der Waals surface area contributed by atoms with Crippen LogP contribution in [0.4, 0.5) is 0 Å². The zero-order chi connectivity index (χ0) is 8.55. The molecule has 0 saturated carbocycles. The van der Waals surface area contributed by atoms with Crippen LogP contribution in [0.1, 0.15) is 5.01 Å². The van der Waals surface area contributed by atoms with Crippen LogP contribution in [0.15, 0.2) is 18.2 Å². The van der Waals surface area contributed by atoms with Crippen molar-refractivity contribution < 1.29 is 0 Å². The van der Waals surface area contributed by atoms with Crippen molar-refractivity contribution in [1.29, 1.82) is 0 Å². The molecule has 0 bridgehead atoms. The number of fused-ring (bicyclic) bond motifs is 1. The summed E-state index contributed by atoms with van der Waals surface area (Å²) in [7, 11) is 0. The van der Waals surface area contributed by atoms with E-state index in [0.29, 0.717) is 0 Å². The van der Waals surface area contributed by atoms with Crippen LogP contribution in [-0.4, -0.2) is 4.98 Å². The van der Waals surface area contributed by atoms with Crippen molar-refractivity contribution in [2.45, 2.75) is 6.42 Å². The van der Waals surface area contributed by atoms with Gasteiger partial charge in [-0.05, 0) is 25.5 Å². The fourth-order valence-electron chi connectivity index (χ4n) is 1.07. The molecule has 0 unspecified atom stereocenters. The molecule has 0 saturated heterocycles. The molecule has 1 aromatic carbocycles. The van der Waals surface area contributed by atoms with Crippen LogP contribution in [0.25, 0.3) is 10.2 Å². The third kappa shape index (κ3) is 1.21. The van der Waals surface area contributed by atoms with Gasteiger partial charge < -0.3 is 0 Å². The summed E-state index contributed by atoms with van der Waals surface area (Å²) >= 11 is 7.60. The molecule has 1 nitrogen and oxygen atoms in total. The van der Waals surface area contributed by atoms with Crippen molar-refractivity contribution in [3.63, 3.8) is 0 Å². The van der Waals surface area contributed by atoms with E-state index < -0.39 is 0 Å².